The number of carbonyl (C=O) groups excluding carboxylic acids is 2. The second-order valence-corrected chi connectivity index (χ2v) is 28.9. The van der Waals surface area contributed by atoms with Crippen LogP contribution in [0.25, 0.3) is 0 Å². The van der Waals surface area contributed by atoms with Gasteiger partial charge in [-0.15, -0.1) is 0 Å². The Bertz CT molecular complexity index is 1970. The fraction of sp³-hybridized carbons (Fsp3) is 0.960. The molecule has 3 fully saturated rings. The van der Waals surface area contributed by atoms with E-state index in [9.17, 15) is 75.7 Å². The molecule has 3 heterocycles. The topological polar surface area (TPSA) is 373 Å². The lowest BCUT2D eigenvalue weighted by atomic mass is 9.88. The first-order chi connectivity index (χ1) is 47.4. The van der Waals surface area contributed by atoms with Crippen LogP contribution in [0.3, 0.4) is 0 Å². The second-order valence-electron chi connectivity index (χ2n) is 28.9. The number of aliphatic hydroxyl groups is 11. The Balaban J connectivity index is 1.53. The maximum absolute atomic E-state index is 13.5. The first-order valence-corrected chi connectivity index (χ1v) is 39.4. The van der Waals surface area contributed by atoms with Crippen molar-refractivity contribution in [1.82, 2.24) is 10.6 Å². The van der Waals surface area contributed by atoms with Crippen molar-refractivity contribution in [3.8, 4) is 0 Å². The zero-order valence-electron chi connectivity index (χ0n) is 60.9. The summed E-state index contributed by atoms with van der Waals surface area (Å²) in [5.41, 5.74) is 0. The average molecular weight is 1410 g/mol. The summed E-state index contributed by atoms with van der Waals surface area (Å²) in [6.45, 7) is 2.27. The molecule has 23 nitrogen and oxygen atoms in total. The molecule has 0 aromatic heterocycles. The zero-order valence-corrected chi connectivity index (χ0v) is 60.9. The van der Waals surface area contributed by atoms with Gasteiger partial charge in [0.15, 0.2) is 12.6 Å². The number of hydrogen-bond donors (Lipinski definition) is 14. The normalized spacial score (nSPS) is 27.2. The Morgan fingerprint density at radius 1 is 0.490 bits per heavy atom. The Hall–Kier alpha value is -2.27. The molecule has 3 aliphatic heterocycles. The van der Waals surface area contributed by atoms with Gasteiger partial charge in [0, 0.05) is 19.8 Å². The summed E-state index contributed by atoms with van der Waals surface area (Å²) >= 11 is 0. The van der Waals surface area contributed by atoms with Crippen LogP contribution in [-0.4, -0.2) is 215 Å². The minimum atomic E-state index is -3.08. The second kappa shape index (κ2) is 55.3. The summed E-state index contributed by atoms with van der Waals surface area (Å²) in [5.74, 6) is -6.09. The molecule has 0 aromatic carbocycles. The number of rotatable bonds is 62. The molecule has 2 amide bonds. The van der Waals surface area contributed by atoms with Crippen molar-refractivity contribution >= 4 is 17.8 Å². The maximum atomic E-state index is 13.5. The Morgan fingerprint density at radius 3 is 1.28 bits per heavy atom. The predicted octanol–water partition coefficient (Wildman–Crippen LogP) is 9.63. The van der Waals surface area contributed by atoms with Crippen LogP contribution < -0.4 is 10.6 Å². The fourth-order valence-corrected chi connectivity index (χ4v) is 14.1. The molecule has 98 heavy (non-hydrogen) atoms. The SMILES string of the molecule is CCCCCCCCCCCCCCCCCCCCCCCCCC(O)C(COC1OC(CO)C(OC2OC(CO)C(O)C(OC3(C(=O)O)CC(O)C(NC(C)=O)C(C(O)C(O)CO)O3)C2O)C(O)C1O)NC(=O)CCCCCCCCCCCCCCCCCCCCCCC. The zero-order chi connectivity index (χ0) is 71.8. The van der Waals surface area contributed by atoms with Gasteiger partial charge in [0.2, 0.25) is 11.8 Å². The summed E-state index contributed by atoms with van der Waals surface area (Å²) in [4.78, 5) is 38.7. The highest BCUT2D eigenvalue weighted by Gasteiger charge is 2.60. The Labute approximate surface area is 589 Å². The highest BCUT2D eigenvalue weighted by molar-refractivity contribution is 5.77. The molecule has 3 rings (SSSR count). The smallest absolute Gasteiger partial charge is 0.364 e. The molecular weight excluding hydrogens is 1260 g/mol. The third kappa shape index (κ3) is 36.0. The van der Waals surface area contributed by atoms with Crippen LogP contribution in [0, 0.1) is 0 Å². The quantitative estimate of drug-likeness (QED) is 0.0252. The van der Waals surface area contributed by atoms with Gasteiger partial charge in [0.05, 0.1) is 50.7 Å². The molecule has 578 valence electrons. The number of nitrogens with one attached hydrogen (secondary N) is 2. The molecule has 23 heteroatoms. The molecule has 0 bridgehead atoms. The predicted molar refractivity (Wildman–Crippen MR) is 375 cm³/mol. The fourth-order valence-electron chi connectivity index (χ4n) is 14.1. The third-order valence-electron chi connectivity index (χ3n) is 20.3. The van der Waals surface area contributed by atoms with Crippen molar-refractivity contribution in [2.24, 2.45) is 0 Å². The number of carboxylic acids is 1. The first kappa shape index (κ1) is 89.9. The van der Waals surface area contributed by atoms with Crippen LogP contribution in [0.4, 0.5) is 0 Å². The van der Waals surface area contributed by atoms with E-state index in [1.807, 2.05) is 0 Å². The van der Waals surface area contributed by atoms with Gasteiger partial charge >= 0.3 is 5.97 Å². The van der Waals surface area contributed by atoms with E-state index in [4.69, 9.17) is 28.4 Å². The first-order valence-electron chi connectivity index (χ1n) is 39.4. The van der Waals surface area contributed by atoms with Gasteiger partial charge in [-0.3, -0.25) is 9.59 Å². The van der Waals surface area contributed by atoms with E-state index >= 15 is 0 Å². The molecule has 0 aliphatic carbocycles. The monoisotopic (exact) mass is 1410 g/mol. The third-order valence-corrected chi connectivity index (χ3v) is 20.3. The number of unbranched alkanes of at least 4 members (excludes halogenated alkanes) is 42. The Kier molecular flexibility index (Phi) is 50.7. The van der Waals surface area contributed by atoms with Gasteiger partial charge in [0.1, 0.15) is 67.1 Å². The van der Waals surface area contributed by atoms with Crippen molar-refractivity contribution in [1.29, 1.82) is 0 Å². The number of carbonyl (C=O) groups is 3. The molecule has 14 N–H and O–H groups in total. The number of carboxylic acid groups (broad SMARTS) is 1. The van der Waals surface area contributed by atoms with E-state index in [1.54, 1.807) is 0 Å². The Morgan fingerprint density at radius 2 is 0.888 bits per heavy atom. The number of aliphatic hydroxyl groups excluding tert-OH is 11. The van der Waals surface area contributed by atoms with E-state index in [0.29, 0.717) is 19.3 Å². The number of hydrogen-bond acceptors (Lipinski definition) is 20. The lowest BCUT2D eigenvalue weighted by molar-refractivity contribution is -0.386. The van der Waals surface area contributed by atoms with Crippen LogP contribution in [0.5, 0.6) is 0 Å². The molecule has 0 aromatic rings. The van der Waals surface area contributed by atoms with Gasteiger partial charge in [-0.1, -0.05) is 290 Å². The van der Waals surface area contributed by atoms with Crippen molar-refractivity contribution in [2.45, 2.75) is 432 Å². The van der Waals surface area contributed by atoms with Crippen molar-refractivity contribution in [3.05, 3.63) is 0 Å². The van der Waals surface area contributed by atoms with E-state index in [-0.39, 0.29) is 18.9 Å². The average Bonchev–Trinajstić information content (AvgIpc) is 0.756. The van der Waals surface area contributed by atoms with Crippen LogP contribution in [0.2, 0.25) is 0 Å². The molecule has 0 radical (unpaired) electrons. The van der Waals surface area contributed by atoms with Crippen molar-refractivity contribution in [2.75, 3.05) is 26.4 Å². The van der Waals surface area contributed by atoms with Gasteiger partial charge in [-0.2, -0.15) is 0 Å². The van der Waals surface area contributed by atoms with Crippen LogP contribution in [0.1, 0.15) is 323 Å². The molecular formula is C75H142N2O21. The highest BCUT2D eigenvalue weighted by Crippen LogP contribution is 2.39. The number of ether oxygens (including phenoxy) is 6. The van der Waals surface area contributed by atoms with Crippen LogP contribution >= 0.6 is 0 Å². The standard InChI is InChI=1S/C75H142N2O21/c1-4-6-8-10-12-14-16-18-20-22-24-26-27-29-30-32-34-36-38-40-42-44-46-48-57(82)56(77-62(85)49-47-45-43-41-39-37-35-33-31-28-25-23-21-19-17-15-13-11-9-7-5-2)54-93-72-67(89)66(88)69(61(53-80)95-72)96-73-68(90)71(65(87)60(52-79)94-73)98-75(74(91)92)50-58(83)63(76-55(3)81)70(97-75)64(86)59(84)51-78/h56-61,63-73,78-80,82-84,86-90H,4-54H2,1-3H3,(H,76,81)(H,77,85)(H,91,92). The van der Waals surface area contributed by atoms with Crippen molar-refractivity contribution < 1.29 is 104 Å². The van der Waals surface area contributed by atoms with Gasteiger partial charge in [-0.05, 0) is 12.8 Å². The van der Waals surface area contributed by atoms with E-state index < -0.39 is 148 Å². The minimum absolute atomic E-state index is 0.230. The van der Waals surface area contributed by atoms with E-state index in [0.717, 1.165) is 51.9 Å². The van der Waals surface area contributed by atoms with Gasteiger partial charge in [-0.25, -0.2) is 4.79 Å². The lowest BCUT2D eigenvalue weighted by Crippen LogP contribution is -2.70. The van der Waals surface area contributed by atoms with Crippen LogP contribution in [-0.2, 0) is 42.8 Å². The molecule has 0 saturated carbocycles. The van der Waals surface area contributed by atoms with Gasteiger partial charge in [0.25, 0.3) is 5.79 Å². The summed E-state index contributed by atoms with van der Waals surface area (Å²) in [6.07, 6.45) is 26.6. The molecule has 0 spiro atoms. The van der Waals surface area contributed by atoms with E-state index in [2.05, 4.69) is 24.5 Å². The highest BCUT2D eigenvalue weighted by atomic mass is 16.8. The molecule has 3 aliphatic rings. The molecule has 18 atom stereocenters. The lowest BCUT2D eigenvalue weighted by Gasteiger charge is -2.50. The maximum Gasteiger partial charge on any atom is 0.364 e. The number of aliphatic carboxylic acids is 1. The summed E-state index contributed by atoms with van der Waals surface area (Å²) < 4.78 is 35.0. The van der Waals surface area contributed by atoms with Crippen molar-refractivity contribution in [3.63, 3.8) is 0 Å². The van der Waals surface area contributed by atoms with E-state index in [1.165, 1.54) is 225 Å². The molecule has 3 saturated heterocycles. The van der Waals surface area contributed by atoms with Crippen LogP contribution in [0.15, 0.2) is 0 Å². The minimum Gasteiger partial charge on any atom is -0.477 e. The number of amides is 2. The largest absolute Gasteiger partial charge is 0.477 e. The summed E-state index contributed by atoms with van der Waals surface area (Å²) in [5, 5.41) is 136. The van der Waals surface area contributed by atoms with Gasteiger partial charge < -0.3 is 100 Å². The summed E-state index contributed by atoms with van der Waals surface area (Å²) in [7, 11) is 0. The molecule has 18 unspecified atom stereocenters. The summed E-state index contributed by atoms with van der Waals surface area (Å²) in [6, 6.07) is -2.53.